The summed E-state index contributed by atoms with van der Waals surface area (Å²) < 4.78 is 16.2. The molecule has 2 aliphatic heterocycles. The Kier molecular flexibility index (Phi) is 5.05. The zero-order valence-corrected chi connectivity index (χ0v) is 18.5. The van der Waals surface area contributed by atoms with Crippen molar-refractivity contribution in [1.82, 2.24) is 35.1 Å². The average molecular weight is 473 g/mol. The van der Waals surface area contributed by atoms with Crippen LogP contribution in [0.25, 0.3) is 10.8 Å². The summed E-state index contributed by atoms with van der Waals surface area (Å²) in [6.07, 6.45) is 4.64. The fourth-order valence-electron chi connectivity index (χ4n) is 4.60. The fraction of sp³-hybridized carbons (Fsp3) is 0.261. The molecule has 1 N–H and O–H groups in total. The Balaban J connectivity index is 1.20. The van der Waals surface area contributed by atoms with Crippen molar-refractivity contribution in [3.8, 4) is 0 Å². The third kappa shape index (κ3) is 3.54. The molecule has 1 saturated heterocycles. The van der Waals surface area contributed by atoms with E-state index in [2.05, 4.69) is 35.4 Å². The Morgan fingerprint density at radius 3 is 2.71 bits per heavy atom. The lowest BCUT2D eigenvalue weighted by atomic mass is 9.99. The largest absolute Gasteiger partial charge is 0.358 e. The molecule has 3 aromatic heterocycles. The van der Waals surface area contributed by atoms with Crippen molar-refractivity contribution < 1.29 is 14.0 Å². The highest BCUT2D eigenvalue weighted by Crippen LogP contribution is 2.31. The number of aliphatic imine (C=N–C) groups is 1. The van der Waals surface area contributed by atoms with Crippen LogP contribution in [0.1, 0.15) is 27.8 Å². The molecule has 1 fully saturated rings. The molecule has 1 aromatic carbocycles. The molecule has 35 heavy (non-hydrogen) atoms. The molecule has 12 heteroatoms. The van der Waals surface area contributed by atoms with Crippen molar-refractivity contribution in [1.29, 1.82) is 0 Å². The second kappa shape index (κ2) is 8.38. The summed E-state index contributed by atoms with van der Waals surface area (Å²) in [5, 5.41) is 18.0. The molecule has 1 unspecified atom stereocenters. The topological polar surface area (TPSA) is 125 Å². The molecule has 0 spiro atoms. The van der Waals surface area contributed by atoms with E-state index < -0.39 is 17.9 Å². The van der Waals surface area contributed by atoms with Gasteiger partial charge in [0, 0.05) is 48.7 Å². The van der Waals surface area contributed by atoms with Gasteiger partial charge in [-0.1, -0.05) is 29.5 Å². The first-order valence-electron chi connectivity index (χ1n) is 11.2. The first-order chi connectivity index (χ1) is 17.1. The van der Waals surface area contributed by atoms with E-state index in [0.29, 0.717) is 37.7 Å². The number of ketones is 1. The molecule has 4 aromatic rings. The average Bonchev–Trinajstić information content (AvgIpc) is 3.59. The Morgan fingerprint density at radius 2 is 1.91 bits per heavy atom. The zero-order chi connectivity index (χ0) is 23.9. The van der Waals surface area contributed by atoms with Gasteiger partial charge in [-0.2, -0.15) is 5.10 Å². The van der Waals surface area contributed by atoms with Crippen molar-refractivity contribution in [2.45, 2.75) is 6.17 Å². The van der Waals surface area contributed by atoms with Crippen molar-refractivity contribution >= 4 is 34.1 Å². The third-order valence-corrected chi connectivity index (χ3v) is 6.35. The van der Waals surface area contributed by atoms with E-state index in [-0.39, 0.29) is 17.7 Å². The molecule has 11 nitrogen and oxygen atoms in total. The number of carbonyl (C=O) groups is 2. The van der Waals surface area contributed by atoms with Crippen LogP contribution in [0.4, 0.5) is 10.2 Å². The number of nitrogens with zero attached hydrogens (tertiary/aromatic N) is 8. The molecule has 0 radical (unpaired) electrons. The van der Waals surface area contributed by atoms with E-state index in [1.807, 2.05) is 24.3 Å². The minimum absolute atomic E-state index is 0.0207. The molecule has 5 heterocycles. The number of nitrogens with one attached hydrogen (secondary N) is 1. The smallest absolute Gasteiger partial charge is 0.295 e. The van der Waals surface area contributed by atoms with Crippen LogP contribution in [0, 0.1) is 0 Å². The lowest BCUT2D eigenvalue weighted by molar-refractivity contribution is -0.126. The van der Waals surface area contributed by atoms with Gasteiger partial charge in [-0.3, -0.25) is 14.6 Å². The predicted molar refractivity (Wildman–Crippen MR) is 124 cm³/mol. The molecule has 1 atom stereocenters. The number of anilines is 1. The van der Waals surface area contributed by atoms with Gasteiger partial charge in [-0.05, 0) is 0 Å². The van der Waals surface area contributed by atoms with Gasteiger partial charge in [0.1, 0.15) is 6.17 Å². The van der Waals surface area contributed by atoms with Gasteiger partial charge in [0.2, 0.25) is 0 Å². The number of Topliss-reactive ketones (excluding diaryl/α,β-unsaturated/α-hetero) is 1. The minimum atomic E-state index is -1.50. The van der Waals surface area contributed by atoms with Gasteiger partial charge < -0.3 is 14.8 Å². The van der Waals surface area contributed by atoms with Gasteiger partial charge in [0.25, 0.3) is 11.7 Å². The van der Waals surface area contributed by atoms with Gasteiger partial charge >= 0.3 is 0 Å². The minimum Gasteiger partial charge on any atom is -0.358 e. The van der Waals surface area contributed by atoms with Gasteiger partial charge in [-0.15, -0.1) is 10.2 Å². The van der Waals surface area contributed by atoms with Crippen LogP contribution in [0.15, 0.2) is 54.0 Å². The maximum absolute atomic E-state index is 14.8. The van der Waals surface area contributed by atoms with E-state index >= 15 is 0 Å². The normalized spacial score (nSPS) is 17.9. The lowest BCUT2D eigenvalue weighted by Crippen LogP contribution is -2.51. The number of rotatable bonds is 3. The highest BCUT2D eigenvalue weighted by Gasteiger charge is 2.35. The number of piperazine rings is 1. The molecule has 1 amide bonds. The third-order valence-electron chi connectivity index (χ3n) is 6.35. The van der Waals surface area contributed by atoms with Crippen LogP contribution in [0.2, 0.25) is 0 Å². The Morgan fingerprint density at radius 1 is 1.09 bits per heavy atom. The summed E-state index contributed by atoms with van der Waals surface area (Å²) in [6.45, 7) is 1.52. The van der Waals surface area contributed by atoms with Crippen LogP contribution < -0.4 is 4.90 Å². The molecule has 0 bridgehead atoms. The van der Waals surface area contributed by atoms with E-state index in [9.17, 15) is 14.0 Å². The summed E-state index contributed by atoms with van der Waals surface area (Å²) in [5.41, 5.74) is 0.477. The zero-order valence-electron chi connectivity index (χ0n) is 18.5. The van der Waals surface area contributed by atoms with E-state index in [1.165, 1.54) is 22.0 Å². The van der Waals surface area contributed by atoms with Crippen LogP contribution in [-0.4, -0.2) is 85.3 Å². The summed E-state index contributed by atoms with van der Waals surface area (Å²) in [6, 6.07) is 7.85. The Hall–Kier alpha value is -4.48. The number of hydrogen-bond acceptors (Lipinski definition) is 8. The summed E-state index contributed by atoms with van der Waals surface area (Å²) in [4.78, 5) is 36.9. The number of aromatic nitrogens is 6. The predicted octanol–water partition coefficient (Wildman–Crippen LogP) is 1.40. The number of aromatic amines is 1. The molecule has 0 saturated carbocycles. The van der Waals surface area contributed by atoms with Crippen molar-refractivity contribution in [2.24, 2.45) is 4.99 Å². The van der Waals surface area contributed by atoms with Crippen LogP contribution in [0.3, 0.4) is 0 Å². The molecule has 2 aliphatic rings. The Bertz CT molecular complexity index is 1450. The molecule has 6 rings (SSSR count). The SMILES string of the molecule is O=C(C(=O)N1CCN(c2nncc3ccccc23)CC1)c1c[nH]c2c1C(F)CN=C2n1ccnn1. The number of amides is 1. The van der Waals surface area contributed by atoms with Crippen molar-refractivity contribution in [3.63, 3.8) is 0 Å². The van der Waals surface area contributed by atoms with Crippen molar-refractivity contribution in [3.05, 3.63) is 65.9 Å². The second-order valence-electron chi connectivity index (χ2n) is 8.33. The number of benzene rings is 1. The maximum atomic E-state index is 14.8. The standard InChI is InChI=1S/C23H20FN9O2/c24-17-13-26-22(33-6-5-27-30-33)19-18(17)16(12-25-19)20(34)23(35)32-9-7-31(8-10-32)21-15-4-2-1-3-14(15)11-28-29-21/h1-6,11-12,17,25H,7-10,13H2. The highest BCUT2D eigenvalue weighted by molar-refractivity contribution is 6.43. The molecule has 0 aliphatic carbocycles. The van der Waals surface area contributed by atoms with Crippen LogP contribution >= 0.6 is 0 Å². The summed E-state index contributed by atoms with van der Waals surface area (Å²) in [7, 11) is 0. The summed E-state index contributed by atoms with van der Waals surface area (Å²) >= 11 is 0. The van der Waals surface area contributed by atoms with E-state index in [1.54, 1.807) is 12.4 Å². The quantitative estimate of drug-likeness (QED) is 0.352. The molecular formula is C23H20FN9O2. The number of H-pyrrole nitrogens is 1. The van der Waals surface area contributed by atoms with Gasteiger partial charge in [0.15, 0.2) is 11.7 Å². The number of carbonyl (C=O) groups excluding carboxylic acids is 2. The number of halogens is 1. The summed E-state index contributed by atoms with van der Waals surface area (Å²) in [5.74, 6) is -0.306. The van der Waals surface area contributed by atoms with Gasteiger partial charge in [-0.25, -0.2) is 9.07 Å². The first kappa shape index (κ1) is 21.1. The lowest BCUT2D eigenvalue weighted by Gasteiger charge is -2.35. The van der Waals surface area contributed by atoms with E-state index in [4.69, 9.17) is 0 Å². The first-order valence-corrected chi connectivity index (χ1v) is 11.2. The second-order valence-corrected chi connectivity index (χ2v) is 8.33. The van der Waals surface area contributed by atoms with Crippen molar-refractivity contribution in [2.75, 3.05) is 37.6 Å². The maximum Gasteiger partial charge on any atom is 0.295 e. The fourth-order valence-corrected chi connectivity index (χ4v) is 4.60. The Labute approximate surface area is 198 Å². The van der Waals surface area contributed by atoms with Crippen LogP contribution in [0.5, 0.6) is 0 Å². The highest BCUT2D eigenvalue weighted by atomic mass is 19.1. The molecule has 176 valence electrons. The monoisotopic (exact) mass is 473 g/mol. The van der Waals surface area contributed by atoms with Gasteiger partial charge in [0.05, 0.1) is 36.4 Å². The molecular weight excluding hydrogens is 453 g/mol. The number of alkyl halides is 1. The van der Waals surface area contributed by atoms with Crippen LogP contribution in [-0.2, 0) is 4.79 Å². The number of hydrogen-bond donors (Lipinski definition) is 1. The van der Waals surface area contributed by atoms with E-state index in [0.717, 1.165) is 16.6 Å². The number of fused-ring (bicyclic) bond motifs is 2.